The van der Waals surface area contributed by atoms with Crippen LogP contribution in [0.3, 0.4) is 0 Å². The number of aliphatic carboxylic acids is 1. The Kier molecular flexibility index (Phi) is 3.22. The van der Waals surface area contributed by atoms with Crippen LogP contribution < -0.4 is 5.73 Å². The second kappa shape index (κ2) is 4.21. The van der Waals surface area contributed by atoms with Crippen LogP contribution in [0, 0.1) is 0 Å². The molecule has 4 heteroatoms. The minimum absolute atomic E-state index is 0.00630. The van der Waals surface area contributed by atoms with E-state index in [4.69, 9.17) is 10.8 Å². The predicted octanol–water partition coefficient (Wildman–Crippen LogP) is 0.351. The van der Waals surface area contributed by atoms with Crippen molar-refractivity contribution in [3.05, 3.63) is 35.9 Å². The molecule has 0 saturated heterocycles. The molecule has 0 amide bonds. The van der Waals surface area contributed by atoms with Gasteiger partial charge in [-0.1, -0.05) is 30.3 Å². The van der Waals surface area contributed by atoms with Gasteiger partial charge in [-0.05, 0) is 12.0 Å². The Hall–Kier alpha value is -1.39. The summed E-state index contributed by atoms with van der Waals surface area (Å²) in [4.78, 5) is 10.5. The molecule has 0 aromatic heterocycles. The van der Waals surface area contributed by atoms with Crippen LogP contribution in [-0.4, -0.2) is 21.9 Å². The van der Waals surface area contributed by atoms with Gasteiger partial charge in [0, 0.05) is 6.42 Å². The summed E-state index contributed by atoms with van der Waals surface area (Å²) >= 11 is 0. The number of hydrogen-bond donors (Lipinski definition) is 3. The maximum Gasteiger partial charge on any atom is 0.351 e. The molecule has 0 aliphatic carbocycles. The fourth-order valence-corrected chi connectivity index (χ4v) is 1.09. The van der Waals surface area contributed by atoms with Gasteiger partial charge in [0.2, 0.25) is 5.72 Å². The molecule has 14 heavy (non-hydrogen) atoms. The summed E-state index contributed by atoms with van der Waals surface area (Å²) in [7, 11) is 0. The number of hydrogen-bond acceptors (Lipinski definition) is 3. The Morgan fingerprint density at radius 1 is 1.36 bits per heavy atom. The van der Waals surface area contributed by atoms with Crippen LogP contribution >= 0.6 is 0 Å². The van der Waals surface area contributed by atoms with E-state index in [1.165, 1.54) is 0 Å². The van der Waals surface area contributed by atoms with Crippen molar-refractivity contribution in [1.29, 1.82) is 0 Å². The van der Waals surface area contributed by atoms with Gasteiger partial charge in [-0.3, -0.25) is 5.73 Å². The molecule has 1 rings (SSSR count). The quantitative estimate of drug-likeness (QED) is 0.605. The van der Waals surface area contributed by atoms with Gasteiger partial charge >= 0.3 is 5.97 Å². The van der Waals surface area contributed by atoms with E-state index in [0.717, 1.165) is 5.56 Å². The highest BCUT2D eigenvalue weighted by molar-refractivity contribution is 5.76. The van der Waals surface area contributed by atoms with E-state index >= 15 is 0 Å². The van der Waals surface area contributed by atoms with Crippen LogP contribution in [0.25, 0.3) is 0 Å². The van der Waals surface area contributed by atoms with Gasteiger partial charge in [0.15, 0.2) is 0 Å². The minimum Gasteiger partial charge on any atom is -0.478 e. The summed E-state index contributed by atoms with van der Waals surface area (Å²) in [5.41, 5.74) is 3.99. The molecular formula is C10H13NO3. The summed E-state index contributed by atoms with van der Waals surface area (Å²) in [5.74, 6) is -1.39. The fourth-order valence-electron chi connectivity index (χ4n) is 1.09. The van der Waals surface area contributed by atoms with Crippen LogP contribution in [0.5, 0.6) is 0 Å². The van der Waals surface area contributed by atoms with Gasteiger partial charge in [0.25, 0.3) is 0 Å². The second-order valence-electron chi connectivity index (χ2n) is 3.22. The molecule has 0 saturated carbocycles. The van der Waals surface area contributed by atoms with E-state index in [1.807, 2.05) is 30.3 Å². The van der Waals surface area contributed by atoms with E-state index in [0.29, 0.717) is 6.42 Å². The zero-order valence-electron chi connectivity index (χ0n) is 7.68. The first-order valence-electron chi connectivity index (χ1n) is 4.31. The summed E-state index contributed by atoms with van der Waals surface area (Å²) in [6, 6.07) is 9.29. The van der Waals surface area contributed by atoms with Crippen molar-refractivity contribution in [2.45, 2.75) is 18.6 Å². The van der Waals surface area contributed by atoms with Gasteiger partial charge in [0.1, 0.15) is 0 Å². The Labute approximate surface area is 82.0 Å². The number of aliphatic hydroxyl groups is 1. The Morgan fingerprint density at radius 3 is 2.43 bits per heavy atom. The minimum atomic E-state index is -2.13. The molecule has 0 radical (unpaired) electrons. The Balaban J connectivity index is 2.53. The zero-order chi connectivity index (χ0) is 10.6. The van der Waals surface area contributed by atoms with Crippen LogP contribution in [0.1, 0.15) is 12.0 Å². The van der Waals surface area contributed by atoms with E-state index in [-0.39, 0.29) is 6.42 Å². The van der Waals surface area contributed by atoms with Gasteiger partial charge in [-0.25, -0.2) is 4.79 Å². The molecule has 0 aliphatic rings. The van der Waals surface area contributed by atoms with Gasteiger partial charge in [-0.15, -0.1) is 0 Å². The molecule has 0 spiro atoms. The molecule has 0 heterocycles. The molecule has 1 aromatic rings. The summed E-state index contributed by atoms with van der Waals surface area (Å²) < 4.78 is 0. The lowest BCUT2D eigenvalue weighted by atomic mass is 10.0. The van der Waals surface area contributed by atoms with Crippen molar-refractivity contribution in [2.75, 3.05) is 0 Å². The van der Waals surface area contributed by atoms with E-state index in [1.54, 1.807) is 0 Å². The van der Waals surface area contributed by atoms with Gasteiger partial charge < -0.3 is 10.2 Å². The molecule has 4 nitrogen and oxygen atoms in total. The molecule has 4 N–H and O–H groups in total. The van der Waals surface area contributed by atoms with Gasteiger partial charge in [-0.2, -0.15) is 0 Å². The lowest BCUT2D eigenvalue weighted by Gasteiger charge is -2.17. The average Bonchev–Trinajstić information content (AvgIpc) is 2.16. The molecule has 0 bridgehead atoms. The van der Waals surface area contributed by atoms with E-state index < -0.39 is 11.7 Å². The van der Waals surface area contributed by atoms with Crippen molar-refractivity contribution in [2.24, 2.45) is 5.73 Å². The highest BCUT2D eigenvalue weighted by atomic mass is 16.4. The first-order chi connectivity index (χ1) is 6.52. The SMILES string of the molecule is NC(O)(CCc1ccccc1)C(=O)O. The van der Waals surface area contributed by atoms with Crippen molar-refractivity contribution >= 4 is 5.97 Å². The maximum absolute atomic E-state index is 10.5. The van der Waals surface area contributed by atoms with Crippen LogP contribution in [0.2, 0.25) is 0 Å². The molecule has 1 unspecified atom stereocenters. The largest absolute Gasteiger partial charge is 0.478 e. The number of benzene rings is 1. The van der Waals surface area contributed by atoms with Gasteiger partial charge in [0.05, 0.1) is 0 Å². The highest BCUT2D eigenvalue weighted by Crippen LogP contribution is 2.09. The average molecular weight is 195 g/mol. The lowest BCUT2D eigenvalue weighted by molar-refractivity contribution is -0.158. The Morgan fingerprint density at radius 2 is 1.93 bits per heavy atom. The highest BCUT2D eigenvalue weighted by Gasteiger charge is 2.29. The zero-order valence-corrected chi connectivity index (χ0v) is 7.68. The van der Waals surface area contributed by atoms with E-state index in [9.17, 15) is 9.90 Å². The number of carboxylic acid groups (broad SMARTS) is 1. The molecule has 1 atom stereocenters. The number of rotatable bonds is 4. The first kappa shape index (κ1) is 10.7. The van der Waals surface area contributed by atoms with Crippen molar-refractivity contribution in [1.82, 2.24) is 0 Å². The normalized spacial score (nSPS) is 14.7. The molecule has 0 fully saturated rings. The molecule has 1 aromatic carbocycles. The lowest BCUT2D eigenvalue weighted by Crippen LogP contribution is -2.48. The van der Waals surface area contributed by atoms with Crippen molar-refractivity contribution in [3.8, 4) is 0 Å². The monoisotopic (exact) mass is 195 g/mol. The smallest absolute Gasteiger partial charge is 0.351 e. The molecule has 0 aliphatic heterocycles. The summed E-state index contributed by atoms with van der Waals surface area (Å²) in [6.07, 6.45) is 0.451. The van der Waals surface area contributed by atoms with E-state index in [2.05, 4.69) is 0 Å². The number of aryl methyl sites for hydroxylation is 1. The second-order valence-corrected chi connectivity index (χ2v) is 3.22. The summed E-state index contributed by atoms with van der Waals surface area (Å²) in [5, 5.41) is 17.8. The number of nitrogens with two attached hydrogens (primary N) is 1. The van der Waals surface area contributed by atoms with Crippen molar-refractivity contribution in [3.63, 3.8) is 0 Å². The third kappa shape index (κ3) is 2.83. The number of carbonyl (C=O) groups is 1. The topological polar surface area (TPSA) is 83.5 Å². The van der Waals surface area contributed by atoms with Crippen LogP contribution in [0.4, 0.5) is 0 Å². The third-order valence-corrected chi connectivity index (χ3v) is 2.01. The standard InChI is InChI=1S/C10H13NO3/c11-10(14,9(12)13)7-6-8-4-2-1-3-5-8/h1-5,14H,6-7,11H2,(H,12,13). The summed E-state index contributed by atoms with van der Waals surface area (Å²) in [6.45, 7) is 0. The third-order valence-electron chi connectivity index (χ3n) is 2.01. The van der Waals surface area contributed by atoms with Crippen LogP contribution in [0.15, 0.2) is 30.3 Å². The maximum atomic E-state index is 10.5. The van der Waals surface area contributed by atoms with Crippen molar-refractivity contribution < 1.29 is 15.0 Å². The molecular weight excluding hydrogens is 182 g/mol. The first-order valence-corrected chi connectivity index (χ1v) is 4.31. The predicted molar refractivity (Wildman–Crippen MR) is 51.5 cm³/mol. The Bertz CT molecular complexity index is 308. The molecule has 76 valence electrons. The van der Waals surface area contributed by atoms with Crippen LogP contribution in [-0.2, 0) is 11.2 Å². The fraction of sp³-hybridized carbons (Fsp3) is 0.300. The number of carboxylic acids is 1.